The van der Waals surface area contributed by atoms with Crippen LogP contribution in [0.25, 0.3) is 0 Å². The molecule has 8 heteroatoms. The van der Waals surface area contributed by atoms with Gasteiger partial charge in [-0.15, -0.1) is 4.52 Å². The van der Waals surface area contributed by atoms with Crippen molar-refractivity contribution in [2.45, 2.75) is 82.1 Å². The molecule has 2 unspecified atom stereocenters. The maximum Gasteiger partial charge on any atom is 0.420 e. The van der Waals surface area contributed by atoms with E-state index in [-0.39, 0.29) is 12.1 Å². The molecule has 0 aromatic heterocycles. The van der Waals surface area contributed by atoms with Crippen LogP contribution < -0.4 is 0 Å². The Kier molecular flexibility index (Phi) is 12.3. The number of nitrogens with zero attached hydrogens (tertiary/aromatic N) is 2. The van der Waals surface area contributed by atoms with E-state index < -0.39 is 30.5 Å². The second-order valence-electron chi connectivity index (χ2n) is 12.6. The van der Waals surface area contributed by atoms with Gasteiger partial charge in [-0.1, -0.05) is 135 Å². The Hall–Kier alpha value is -3.44. The van der Waals surface area contributed by atoms with Crippen molar-refractivity contribution in [1.82, 2.24) is 4.90 Å². The minimum atomic E-state index is -4.43. The van der Waals surface area contributed by atoms with Crippen LogP contribution >= 0.6 is 7.94 Å². The first-order valence-corrected chi connectivity index (χ1v) is 18.3. The third-order valence-corrected chi connectivity index (χ3v) is 11.1. The molecule has 0 fully saturated rings. The van der Waals surface area contributed by atoms with E-state index in [4.69, 9.17) is 14.0 Å². The van der Waals surface area contributed by atoms with E-state index in [9.17, 15) is 15.0 Å². The highest BCUT2D eigenvalue weighted by molar-refractivity contribution is 7.60. The van der Waals surface area contributed by atoms with Gasteiger partial charge in [0, 0.05) is 31.9 Å². The lowest BCUT2D eigenvalue weighted by Gasteiger charge is -2.59. The first kappa shape index (κ1) is 37.4. The van der Waals surface area contributed by atoms with Gasteiger partial charge in [0.05, 0.1) is 11.5 Å². The quantitative estimate of drug-likeness (QED) is 0.0701. The summed E-state index contributed by atoms with van der Waals surface area (Å²) < 4.78 is 19.5. The van der Waals surface area contributed by atoms with Crippen LogP contribution in [0.5, 0.6) is 0 Å². The summed E-state index contributed by atoms with van der Waals surface area (Å²) in [7, 11) is -1.63. The van der Waals surface area contributed by atoms with Crippen LogP contribution in [0.1, 0.15) is 75.4 Å². The van der Waals surface area contributed by atoms with Crippen molar-refractivity contribution in [2.24, 2.45) is 0 Å². The maximum absolute atomic E-state index is 12.3. The highest BCUT2D eigenvalue weighted by Crippen LogP contribution is 2.70. The Morgan fingerprint density at radius 3 is 1.38 bits per heavy atom. The molecule has 254 valence electrons. The van der Waals surface area contributed by atoms with Crippen LogP contribution in [0, 0.1) is 11.3 Å². The van der Waals surface area contributed by atoms with Crippen molar-refractivity contribution in [2.75, 3.05) is 14.2 Å². The molecule has 0 amide bonds. The lowest BCUT2D eigenvalue weighted by Crippen LogP contribution is -2.78. The second-order valence-corrected chi connectivity index (χ2v) is 14.6. The Morgan fingerprint density at radius 1 is 0.688 bits per heavy atom. The Morgan fingerprint density at radius 2 is 1.06 bits per heavy atom. The van der Waals surface area contributed by atoms with Gasteiger partial charge in [-0.05, 0) is 50.8 Å². The molecule has 0 saturated heterocycles. The summed E-state index contributed by atoms with van der Waals surface area (Å²) in [6, 6.07) is 40.9. The number of methoxy groups -OCH3 is 2. The molecule has 0 saturated carbocycles. The molecule has 0 aliphatic carbocycles. The molecule has 0 heterocycles. The van der Waals surface area contributed by atoms with Gasteiger partial charge in [-0.3, -0.25) is 4.90 Å². The molecule has 0 bridgehead atoms. The van der Waals surface area contributed by atoms with Crippen molar-refractivity contribution in [3.63, 3.8) is 0 Å². The van der Waals surface area contributed by atoms with Gasteiger partial charge >= 0.3 is 13.9 Å². The predicted molar refractivity (Wildman–Crippen MR) is 193 cm³/mol. The molecule has 0 aliphatic rings. The van der Waals surface area contributed by atoms with Crippen LogP contribution in [0.2, 0.25) is 0 Å². The van der Waals surface area contributed by atoms with E-state index in [1.807, 2.05) is 161 Å². The van der Waals surface area contributed by atoms with Crippen LogP contribution in [0.3, 0.4) is 0 Å². The fraction of sp³-hybridized carbons (Fsp3) is 0.375. The molecular weight excluding hydrogens is 619 g/mol. The first-order chi connectivity index (χ1) is 23.0. The molecular formula is C40H50N2O5P+. The summed E-state index contributed by atoms with van der Waals surface area (Å²) in [6.45, 7) is 10.0. The van der Waals surface area contributed by atoms with Gasteiger partial charge in [0.25, 0.3) is 0 Å². The SMILES string of the molecule is CCCC(c1ccccc1)[P+](O)(O)OC(OC)(OC)C(C#N)(N(C(C)C)C(C)C)C(c1ccccc1)(c1ccccc1)c1ccccc1. The molecule has 4 rings (SSSR count). The maximum atomic E-state index is 12.3. The minimum absolute atomic E-state index is 0.279. The average Bonchev–Trinajstić information content (AvgIpc) is 3.10. The zero-order chi connectivity index (χ0) is 35.0. The number of hydrogen-bond donors (Lipinski definition) is 2. The molecule has 48 heavy (non-hydrogen) atoms. The van der Waals surface area contributed by atoms with E-state index in [1.165, 1.54) is 14.2 Å². The van der Waals surface area contributed by atoms with Crippen LogP contribution in [0.4, 0.5) is 0 Å². The molecule has 7 nitrogen and oxygen atoms in total. The Bertz CT molecular complexity index is 1490. The molecule has 4 aromatic carbocycles. The Labute approximate surface area is 287 Å². The fourth-order valence-corrected chi connectivity index (χ4v) is 9.51. The van der Waals surface area contributed by atoms with Crippen LogP contribution in [-0.2, 0) is 19.4 Å². The lowest BCUT2D eigenvalue weighted by atomic mass is 9.55. The van der Waals surface area contributed by atoms with Crippen molar-refractivity contribution < 1.29 is 23.8 Å². The zero-order valence-electron chi connectivity index (χ0n) is 29.2. The smallest absolute Gasteiger partial charge is 0.326 e. The normalized spacial score (nSPS) is 14.6. The first-order valence-electron chi connectivity index (χ1n) is 16.6. The minimum Gasteiger partial charge on any atom is -0.326 e. The fourth-order valence-electron chi connectivity index (χ4n) is 7.59. The third-order valence-electron chi connectivity index (χ3n) is 9.21. The number of nitriles is 1. The van der Waals surface area contributed by atoms with E-state index >= 15 is 0 Å². The number of benzene rings is 4. The molecule has 2 atom stereocenters. The standard InChI is InChI=1S/C40H50N2O5P/c1-8-21-37(33-22-13-9-14-23-33)48(43,44)47-40(45-6,46-7)38(30-41,42(31(2)3)32(4)5)39(34-24-15-10-16-25-34,35-26-17-11-18-27-35)36-28-19-12-20-29-36/h9-20,22-29,31-32,37,43-44H,8,21H2,1-7H3/q+1. The summed E-state index contributed by atoms with van der Waals surface area (Å²) in [5, 5.41) is 12.1. The van der Waals surface area contributed by atoms with Gasteiger partial charge in [0.15, 0.2) is 5.66 Å². The number of hydrogen-bond acceptors (Lipinski definition) is 7. The topological polar surface area (TPSA) is 95.2 Å². The van der Waals surface area contributed by atoms with Crippen molar-refractivity contribution >= 4 is 7.94 Å². The summed E-state index contributed by atoms with van der Waals surface area (Å²) in [6.07, 6.45) is 1.08. The summed E-state index contributed by atoms with van der Waals surface area (Å²) in [5.74, 6) is -2.37. The van der Waals surface area contributed by atoms with Gasteiger partial charge in [-0.2, -0.15) is 15.0 Å². The van der Waals surface area contributed by atoms with E-state index in [0.29, 0.717) is 18.4 Å². The summed E-state index contributed by atoms with van der Waals surface area (Å²) in [4.78, 5) is 26.6. The molecule has 2 N–H and O–H groups in total. The summed E-state index contributed by atoms with van der Waals surface area (Å²) in [5.41, 5.74) is -1.11. The lowest BCUT2D eigenvalue weighted by molar-refractivity contribution is -0.383. The van der Waals surface area contributed by atoms with Gasteiger partial charge < -0.3 is 9.47 Å². The van der Waals surface area contributed by atoms with Gasteiger partial charge in [0.2, 0.25) is 5.54 Å². The van der Waals surface area contributed by atoms with E-state index in [1.54, 1.807) is 0 Å². The number of ether oxygens (including phenoxy) is 2. The largest absolute Gasteiger partial charge is 0.420 e. The zero-order valence-corrected chi connectivity index (χ0v) is 30.0. The third kappa shape index (κ3) is 6.47. The number of rotatable bonds is 16. The highest BCUT2D eigenvalue weighted by Gasteiger charge is 2.76. The van der Waals surface area contributed by atoms with E-state index in [0.717, 1.165) is 16.7 Å². The monoisotopic (exact) mass is 669 g/mol. The van der Waals surface area contributed by atoms with Crippen LogP contribution in [0.15, 0.2) is 121 Å². The van der Waals surface area contributed by atoms with Crippen molar-refractivity contribution in [1.29, 1.82) is 5.26 Å². The average molecular weight is 670 g/mol. The predicted octanol–water partition coefficient (Wildman–Crippen LogP) is 8.65. The Balaban J connectivity index is 2.26. The van der Waals surface area contributed by atoms with E-state index in [2.05, 4.69) is 6.07 Å². The molecule has 4 aromatic rings. The van der Waals surface area contributed by atoms with Crippen molar-refractivity contribution in [3.8, 4) is 6.07 Å². The van der Waals surface area contributed by atoms with Crippen molar-refractivity contribution in [3.05, 3.63) is 144 Å². The van der Waals surface area contributed by atoms with Gasteiger partial charge in [0.1, 0.15) is 0 Å². The summed E-state index contributed by atoms with van der Waals surface area (Å²) >= 11 is 0. The highest BCUT2D eigenvalue weighted by atomic mass is 31.2. The van der Waals surface area contributed by atoms with Gasteiger partial charge in [-0.25, -0.2) is 0 Å². The van der Waals surface area contributed by atoms with Crippen LogP contribution in [-0.4, -0.2) is 52.5 Å². The molecule has 0 spiro atoms. The molecule has 0 aliphatic heterocycles. The molecule has 0 radical (unpaired) electrons. The second kappa shape index (κ2) is 15.8.